The Morgan fingerprint density at radius 1 is 1.30 bits per heavy atom. The van der Waals surface area contributed by atoms with Crippen LogP contribution in [0.15, 0.2) is 4.34 Å². The fraction of sp³-hybridized carbons (Fsp3) is 0.636. The number of amides is 2. The van der Waals surface area contributed by atoms with Crippen LogP contribution in [-0.2, 0) is 9.59 Å². The highest BCUT2D eigenvalue weighted by atomic mass is 32.2. The van der Waals surface area contributed by atoms with Crippen molar-refractivity contribution in [1.82, 2.24) is 20.8 Å². The number of anilines is 1. The lowest BCUT2D eigenvalue weighted by Crippen LogP contribution is -2.40. The van der Waals surface area contributed by atoms with E-state index in [1.165, 1.54) is 23.1 Å². The van der Waals surface area contributed by atoms with Gasteiger partial charge in [0.15, 0.2) is 4.34 Å². The molecule has 0 saturated carbocycles. The van der Waals surface area contributed by atoms with Gasteiger partial charge in [-0.05, 0) is 20.8 Å². The molecular formula is C11H19N5O2S2. The molecular weight excluding hydrogens is 298 g/mol. The van der Waals surface area contributed by atoms with Crippen LogP contribution in [0.5, 0.6) is 0 Å². The van der Waals surface area contributed by atoms with Gasteiger partial charge in [0.2, 0.25) is 16.9 Å². The van der Waals surface area contributed by atoms with Crippen molar-refractivity contribution in [3.63, 3.8) is 0 Å². The first kappa shape index (κ1) is 16.7. The van der Waals surface area contributed by atoms with E-state index in [2.05, 4.69) is 26.1 Å². The molecule has 7 nitrogen and oxygen atoms in total. The van der Waals surface area contributed by atoms with E-state index in [9.17, 15) is 9.59 Å². The summed E-state index contributed by atoms with van der Waals surface area (Å²) in [4.78, 5) is 22.9. The lowest BCUT2D eigenvalue weighted by atomic mass is 10.4. The Hall–Kier alpha value is -1.35. The molecule has 0 bridgehead atoms. The van der Waals surface area contributed by atoms with Gasteiger partial charge in [0, 0.05) is 12.6 Å². The summed E-state index contributed by atoms with van der Waals surface area (Å²) >= 11 is 2.70. The number of hydrogen-bond donors (Lipinski definition) is 3. The monoisotopic (exact) mass is 317 g/mol. The molecule has 3 N–H and O–H groups in total. The molecule has 0 fully saturated rings. The average Bonchev–Trinajstić information content (AvgIpc) is 2.81. The van der Waals surface area contributed by atoms with E-state index in [0.29, 0.717) is 0 Å². The quantitative estimate of drug-likeness (QED) is 0.611. The van der Waals surface area contributed by atoms with E-state index in [0.717, 1.165) is 16.0 Å². The molecule has 20 heavy (non-hydrogen) atoms. The average molecular weight is 317 g/mol. The van der Waals surface area contributed by atoms with Crippen molar-refractivity contribution in [3.8, 4) is 0 Å². The van der Waals surface area contributed by atoms with Crippen molar-refractivity contribution in [1.29, 1.82) is 0 Å². The van der Waals surface area contributed by atoms with Gasteiger partial charge in [-0.15, -0.1) is 10.2 Å². The largest absolute Gasteiger partial charge is 0.360 e. The van der Waals surface area contributed by atoms with Crippen LogP contribution in [0.4, 0.5) is 5.13 Å². The van der Waals surface area contributed by atoms with Crippen LogP contribution < -0.4 is 16.0 Å². The Kier molecular flexibility index (Phi) is 7.31. The number of carbonyl (C=O) groups excluding carboxylic acids is 2. The first-order valence-electron chi connectivity index (χ1n) is 6.27. The van der Waals surface area contributed by atoms with E-state index in [4.69, 9.17) is 0 Å². The Bertz CT molecular complexity index is 450. The van der Waals surface area contributed by atoms with Crippen LogP contribution in [0.25, 0.3) is 0 Å². The lowest BCUT2D eigenvalue weighted by molar-refractivity contribution is -0.125. The minimum Gasteiger partial charge on any atom is -0.360 e. The molecule has 0 spiro atoms. The zero-order valence-electron chi connectivity index (χ0n) is 11.7. The van der Waals surface area contributed by atoms with Crippen molar-refractivity contribution in [3.05, 3.63) is 0 Å². The Morgan fingerprint density at radius 3 is 2.70 bits per heavy atom. The number of nitrogens with one attached hydrogen (secondary N) is 3. The van der Waals surface area contributed by atoms with Crippen molar-refractivity contribution < 1.29 is 9.59 Å². The molecule has 0 aliphatic rings. The molecule has 0 saturated heterocycles. The molecule has 0 radical (unpaired) electrons. The van der Waals surface area contributed by atoms with Gasteiger partial charge in [-0.25, -0.2) is 0 Å². The van der Waals surface area contributed by atoms with Crippen LogP contribution in [-0.4, -0.2) is 46.9 Å². The van der Waals surface area contributed by atoms with Crippen LogP contribution in [0, 0.1) is 0 Å². The standard InChI is InChI=1S/C11H19N5O2S2/c1-4-12-10-15-16-11(20-10)19-6-9(18)13-5-8(17)14-7(2)3/h7H,4-6H2,1-3H3,(H,12,15)(H,13,18)(H,14,17). The van der Waals surface area contributed by atoms with E-state index in [1.54, 1.807) is 0 Å². The van der Waals surface area contributed by atoms with Gasteiger partial charge in [0.05, 0.1) is 12.3 Å². The van der Waals surface area contributed by atoms with Crippen molar-refractivity contribution in [2.75, 3.05) is 24.2 Å². The van der Waals surface area contributed by atoms with Gasteiger partial charge in [0.25, 0.3) is 0 Å². The third kappa shape index (κ3) is 6.71. The molecule has 0 unspecified atom stereocenters. The molecule has 1 rings (SSSR count). The highest BCUT2D eigenvalue weighted by molar-refractivity contribution is 8.01. The fourth-order valence-electron chi connectivity index (χ4n) is 1.22. The molecule has 2 amide bonds. The molecule has 9 heteroatoms. The SMILES string of the molecule is CCNc1nnc(SCC(=O)NCC(=O)NC(C)C)s1. The summed E-state index contributed by atoms with van der Waals surface area (Å²) in [5.41, 5.74) is 0. The van der Waals surface area contributed by atoms with Gasteiger partial charge in [-0.1, -0.05) is 23.1 Å². The van der Waals surface area contributed by atoms with E-state index in [1.807, 2.05) is 20.8 Å². The Labute approximate surface area is 126 Å². The van der Waals surface area contributed by atoms with Gasteiger partial charge in [0.1, 0.15) is 0 Å². The number of thioether (sulfide) groups is 1. The lowest BCUT2D eigenvalue weighted by Gasteiger charge is -2.08. The molecule has 1 heterocycles. The minimum absolute atomic E-state index is 0.00364. The number of hydrogen-bond acceptors (Lipinski definition) is 7. The van der Waals surface area contributed by atoms with E-state index < -0.39 is 0 Å². The smallest absolute Gasteiger partial charge is 0.239 e. The second kappa shape index (κ2) is 8.75. The maximum atomic E-state index is 11.6. The maximum absolute atomic E-state index is 11.6. The van der Waals surface area contributed by atoms with Crippen LogP contribution in [0.3, 0.4) is 0 Å². The summed E-state index contributed by atoms with van der Waals surface area (Å²) in [5, 5.41) is 16.9. The third-order valence-corrected chi connectivity index (χ3v) is 3.97. The molecule has 0 atom stereocenters. The fourth-order valence-corrected chi connectivity index (χ4v) is 2.87. The summed E-state index contributed by atoms with van der Waals surface area (Å²) in [5.74, 6) is -0.173. The topological polar surface area (TPSA) is 96.0 Å². The van der Waals surface area contributed by atoms with Crippen molar-refractivity contribution >= 4 is 40.0 Å². The summed E-state index contributed by atoms with van der Waals surface area (Å²) in [7, 11) is 0. The predicted octanol–water partition coefficient (Wildman–Crippen LogP) is 0.703. The van der Waals surface area contributed by atoms with E-state index in [-0.39, 0.29) is 30.2 Å². The van der Waals surface area contributed by atoms with Crippen LogP contribution >= 0.6 is 23.1 Å². The van der Waals surface area contributed by atoms with Gasteiger partial charge < -0.3 is 16.0 Å². The normalized spacial score (nSPS) is 10.4. The van der Waals surface area contributed by atoms with Crippen LogP contribution in [0.1, 0.15) is 20.8 Å². The maximum Gasteiger partial charge on any atom is 0.239 e. The Morgan fingerprint density at radius 2 is 2.05 bits per heavy atom. The van der Waals surface area contributed by atoms with Crippen molar-refractivity contribution in [2.45, 2.75) is 31.2 Å². The zero-order chi connectivity index (χ0) is 15.0. The van der Waals surface area contributed by atoms with E-state index >= 15 is 0 Å². The first-order chi connectivity index (χ1) is 9.51. The number of rotatable bonds is 8. The number of nitrogens with zero attached hydrogens (tertiary/aromatic N) is 2. The summed E-state index contributed by atoms with van der Waals surface area (Å²) in [6, 6.07) is 0.0691. The predicted molar refractivity (Wildman–Crippen MR) is 81.1 cm³/mol. The summed E-state index contributed by atoms with van der Waals surface area (Å²) in [6.45, 7) is 6.49. The van der Waals surface area contributed by atoms with Gasteiger partial charge in [-0.2, -0.15) is 0 Å². The number of carbonyl (C=O) groups is 2. The molecule has 0 aliphatic carbocycles. The van der Waals surface area contributed by atoms with Gasteiger partial charge >= 0.3 is 0 Å². The zero-order valence-corrected chi connectivity index (χ0v) is 13.4. The van der Waals surface area contributed by atoms with Crippen molar-refractivity contribution in [2.24, 2.45) is 0 Å². The van der Waals surface area contributed by atoms with Gasteiger partial charge in [-0.3, -0.25) is 9.59 Å². The molecule has 0 aromatic carbocycles. The molecule has 1 aromatic heterocycles. The molecule has 0 aliphatic heterocycles. The third-order valence-electron chi connectivity index (χ3n) is 1.96. The summed E-state index contributed by atoms with van der Waals surface area (Å²) < 4.78 is 0.725. The summed E-state index contributed by atoms with van der Waals surface area (Å²) in [6.07, 6.45) is 0. The second-order valence-electron chi connectivity index (χ2n) is 4.19. The first-order valence-corrected chi connectivity index (χ1v) is 8.07. The molecule has 1 aromatic rings. The van der Waals surface area contributed by atoms with Crippen LogP contribution in [0.2, 0.25) is 0 Å². The number of aromatic nitrogens is 2. The Balaban J connectivity index is 2.23. The molecule has 112 valence electrons. The highest BCUT2D eigenvalue weighted by Gasteiger charge is 2.09. The minimum atomic E-state index is -0.200. The second-order valence-corrected chi connectivity index (χ2v) is 6.39. The highest BCUT2D eigenvalue weighted by Crippen LogP contribution is 2.24.